The molecule has 1 fully saturated rings. The third-order valence-corrected chi connectivity index (χ3v) is 3.77. The standard InChI is InChI=1S/C14H29NO/c1-4-13-7-6-8-14(11-13)16-10-9-12(3)15-5-2/h12-15H,4-11H2,1-3H3. The van der Waals surface area contributed by atoms with Gasteiger partial charge in [0.15, 0.2) is 0 Å². The maximum Gasteiger partial charge on any atom is 0.0577 e. The van der Waals surface area contributed by atoms with Crippen molar-refractivity contribution < 1.29 is 4.74 Å². The summed E-state index contributed by atoms with van der Waals surface area (Å²) in [5.41, 5.74) is 0. The highest BCUT2D eigenvalue weighted by Crippen LogP contribution is 2.28. The smallest absolute Gasteiger partial charge is 0.0577 e. The van der Waals surface area contributed by atoms with Crippen molar-refractivity contribution >= 4 is 0 Å². The molecule has 16 heavy (non-hydrogen) atoms. The van der Waals surface area contributed by atoms with Gasteiger partial charge in [-0.1, -0.05) is 33.1 Å². The average molecular weight is 227 g/mol. The molecule has 2 heteroatoms. The van der Waals surface area contributed by atoms with Crippen molar-refractivity contribution in [2.45, 2.75) is 71.4 Å². The van der Waals surface area contributed by atoms with Crippen molar-refractivity contribution in [3.05, 3.63) is 0 Å². The summed E-state index contributed by atoms with van der Waals surface area (Å²) in [5.74, 6) is 0.921. The number of ether oxygens (including phenoxy) is 1. The Hall–Kier alpha value is -0.0800. The molecule has 1 aliphatic carbocycles. The van der Waals surface area contributed by atoms with Crippen LogP contribution in [0, 0.1) is 5.92 Å². The fourth-order valence-corrected chi connectivity index (χ4v) is 2.63. The molecule has 0 radical (unpaired) electrons. The molecule has 2 nitrogen and oxygen atoms in total. The highest BCUT2D eigenvalue weighted by molar-refractivity contribution is 4.72. The molecule has 0 spiro atoms. The maximum atomic E-state index is 5.99. The Labute approximate surface area is 101 Å². The van der Waals surface area contributed by atoms with Crippen molar-refractivity contribution in [1.29, 1.82) is 0 Å². The van der Waals surface area contributed by atoms with Gasteiger partial charge < -0.3 is 10.1 Å². The molecule has 0 heterocycles. The van der Waals surface area contributed by atoms with Gasteiger partial charge in [-0.15, -0.1) is 0 Å². The minimum Gasteiger partial charge on any atom is -0.378 e. The summed E-state index contributed by atoms with van der Waals surface area (Å²) in [4.78, 5) is 0. The molecule has 3 atom stereocenters. The van der Waals surface area contributed by atoms with Gasteiger partial charge in [-0.25, -0.2) is 0 Å². The van der Waals surface area contributed by atoms with Crippen LogP contribution in [0.5, 0.6) is 0 Å². The zero-order valence-corrected chi connectivity index (χ0v) is 11.3. The van der Waals surface area contributed by atoms with E-state index < -0.39 is 0 Å². The minimum absolute atomic E-state index is 0.549. The summed E-state index contributed by atoms with van der Waals surface area (Å²) < 4.78 is 5.99. The third kappa shape index (κ3) is 5.31. The van der Waals surface area contributed by atoms with Crippen molar-refractivity contribution in [1.82, 2.24) is 5.32 Å². The molecule has 0 amide bonds. The van der Waals surface area contributed by atoms with Crippen LogP contribution in [0.3, 0.4) is 0 Å². The van der Waals surface area contributed by atoms with Gasteiger partial charge in [0.05, 0.1) is 6.10 Å². The Morgan fingerprint density at radius 3 is 2.81 bits per heavy atom. The Balaban J connectivity index is 2.08. The maximum absolute atomic E-state index is 5.99. The molecule has 1 rings (SSSR count). The van der Waals surface area contributed by atoms with Gasteiger partial charge in [-0.2, -0.15) is 0 Å². The predicted molar refractivity (Wildman–Crippen MR) is 69.7 cm³/mol. The van der Waals surface area contributed by atoms with Gasteiger partial charge in [0.2, 0.25) is 0 Å². The van der Waals surface area contributed by atoms with Gasteiger partial charge in [0.1, 0.15) is 0 Å². The second-order valence-corrected chi connectivity index (χ2v) is 5.18. The topological polar surface area (TPSA) is 21.3 Å². The molecule has 0 aromatic rings. The lowest BCUT2D eigenvalue weighted by Gasteiger charge is -2.28. The van der Waals surface area contributed by atoms with Crippen LogP contribution in [0.15, 0.2) is 0 Å². The summed E-state index contributed by atoms with van der Waals surface area (Å²) in [6.07, 6.45) is 8.38. The molecular weight excluding hydrogens is 198 g/mol. The van der Waals surface area contributed by atoms with Gasteiger partial charge in [0.25, 0.3) is 0 Å². The molecular formula is C14H29NO. The lowest BCUT2D eigenvalue weighted by Crippen LogP contribution is -2.29. The van der Waals surface area contributed by atoms with E-state index in [0.717, 1.165) is 25.5 Å². The first kappa shape index (κ1) is 14.0. The molecule has 0 saturated heterocycles. The van der Waals surface area contributed by atoms with Crippen LogP contribution in [-0.4, -0.2) is 25.3 Å². The monoisotopic (exact) mass is 227 g/mol. The SMILES string of the molecule is CCNC(C)CCOC1CCCC(CC)C1. The van der Waals surface area contributed by atoms with Crippen LogP contribution in [0.1, 0.15) is 59.3 Å². The van der Waals surface area contributed by atoms with Crippen molar-refractivity contribution in [3.8, 4) is 0 Å². The van der Waals surface area contributed by atoms with Crippen LogP contribution < -0.4 is 5.32 Å². The van der Waals surface area contributed by atoms with E-state index in [9.17, 15) is 0 Å². The van der Waals surface area contributed by atoms with E-state index in [-0.39, 0.29) is 0 Å². The van der Waals surface area contributed by atoms with Crippen LogP contribution in [0.25, 0.3) is 0 Å². The van der Waals surface area contributed by atoms with Crippen molar-refractivity contribution in [3.63, 3.8) is 0 Å². The molecule has 0 aromatic heterocycles. The quantitative estimate of drug-likeness (QED) is 0.720. The fourth-order valence-electron chi connectivity index (χ4n) is 2.63. The van der Waals surface area contributed by atoms with E-state index >= 15 is 0 Å². The van der Waals surface area contributed by atoms with Gasteiger partial charge in [-0.05, 0) is 38.6 Å². The molecule has 1 saturated carbocycles. The summed E-state index contributed by atoms with van der Waals surface area (Å²) in [6, 6.07) is 0.593. The van der Waals surface area contributed by atoms with E-state index in [1.165, 1.54) is 32.1 Å². The second kappa shape index (κ2) is 8.08. The van der Waals surface area contributed by atoms with E-state index in [2.05, 4.69) is 26.1 Å². The van der Waals surface area contributed by atoms with Crippen LogP contribution in [0.4, 0.5) is 0 Å². The van der Waals surface area contributed by atoms with E-state index in [4.69, 9.17) is 4.74 Å². The van der Waals surface area contributed by atoms with Crippen LogP contribution in [-0.2, 0) is 4.74 Å². The third-order valence-electron chi connectivity index (χ3n) is 3.77. The zero-order chi connectivity index (χ0) is 11.8. The minimum atomic E-state index is 0.549. The Bertz CT molecular complexity index is 172. The van der Waals surface area contributed by atoms with Gasteiger partial charge >= 0.3 is 0 Å². The lowest BCUT2D eigenvalue weighted by atomic mass is 9.85. The Morgan fingerprint density at radius 1 is 1.31 bits per heavy atom. The molecule has 1 N–H and O–H groups in total. The van der Waals surface area contributed by atoms with Gasteiger partial charge in [0, 0.05) is 12.6 Å². The van der Waals surface area contributed by atoms with E-state index in [0.29, 0.717) is 12.1 Å². The zero-order valence-electron chi connectivity index (χ0n) is 11.3. The molecule has 3 unspecified atom stereocenters. The first-order valence-electron chi connectivity index (χ1n) is 7.11. The summed E-state index contributed by atoms with van der Waals surface area (Å²) in [7, 11) is 0. The number of hydrogen-bond donors (Lipinski definition) is 1. The largest absolute Gasteiger partial charge is 0.378 e. The summed E-state index contributed by atoms with van der Waals surface area (Å²) in [6.45, 7) is 8.69. The molecule has 0 bridgehead atoms. The van der Waals surface area contributed by atoms with Gasteiger partial charge in [-0.3, -0.25) is 0 Å². The Morgan fingerprint density at radius 2 is 2.12 bits per heavy atom. The summed E-state index contributed by atoms with van der Waals surface area (Å²) in [5, 5.41) is 3.42. The highest BCUT2D eigenvalue weighted by Gasteiger charge is 2.20. The number of hydrogen-bond acceptors (Lipinski definition) is 2. The van der Waals surface area contributed by atoms with Crippen molar-refractivity contribution in [2.24, 2.45) is 5.92 Å². The second-order valence-electron chi connectivity index (χ2n) is 5.18. The average Bonchev–Trinajstić information content (AvgIpc) is 2.30. The van der Waals surface area contributed by atoms with E-state index in [1.807, 2.05) is 0 Å². The molecule has 1 aliphatic rings. The lowest BCUT2D eigenvalue weighted by molar-refractivity contribution is 0.00893. The normalized spacial score (nSPS) is 27.9. The fraction of sp³-hybridized carbons (Fsp3) is 1.00. The highest BCUT2D eigenvalue weighted by atomic mass is 16.5. The molecule has 96 valence electrons. The Kier molecular flexibility index (Phi) is 7.06. The first-order valence-corrected chi connectivity index (χ1v) is 7.11. The van der Waals surface area contributed by atoms with Crippen molar-refractivity contribution in [2.75, 3.05) is 13.2 Å². The summed E-state index contributed by atoms with van der Waals surface area (Å²) >= 11 is 0. The number of nitrogens with one attached hydrogen (secondary N) is 1. The van der Waals surface area contributed by atoms with E-state index in [1.54, 1.807) is 0 Å². The molecule has 0 aromatic carbocycles. The number of rotatable bonds is 7. The first-order chi connectivity index (χ1) is 7.76. The van der Waals surface area contributed by atoms with Crippen LogP contribution in [0.2, 0.25) is 0 Å². The predicted octanol–water partition coefficient (Wildman–Crippen LogP) is 3.36. The van der Waals surface area contributed by atoms with Crippen LogP contribution >= 0.6 is 0 Å². The molecule has 0 aliphatic heterocycles.